The normalized spacial score (nSPS) is 11.8. The Morgan fingerprint density at radius 1 is 1.06 bits per heavy atom. The van der Waals surface area contributed by atoms with Crippen LogP contribution in [0.25, 0.3) is 10.8 Å². The quantitative estimate of drug-likeness (QED) is 0.836. The molecule has 0 amide bonds. The van der Waals surface area contributed by atoms with Crippen LogP contribution in [-0.2, 0) is 5.60 Å². The third-order valence-electron chi connectivity index (χ3n) is 2.72. The van der Waals surface area contributed by atoms with Crippen molar-refractivity contribution in [3.8, 4) is 5.75 Å². The molecule has 2 aromatic rings. The minimum Gasteiger partial charge on any atom is -0.496 e. The van der Waals surface area contributed by atoms with Crippen molar-refractivity contribution >= 4 is 10.8 Å². The number of hydrogen-bond donors (Lipinski definition) is 1. The summed E-state index contributed by atoms with van der Waals surface area (Å²) in [6.07, 6.45) is 0. The third kappa shape index (κ3) is 1.76. The van der Waals surface area contributed by atoms with Gasteiger partial charge >= 0.3 is 0 Å². The van der Waals surface area contributed by atoms with E-state index in [2.05, 4.69) is 0 Å². The topological polar surface area (TPSA) is 29.5 Å². The molecule has 84 valence electrons. The number of ether oxygens (including phenoxy) is 1. The Balaban J connectivity index is 2.84. The molecule has 0 spiro atoms. The van der Waals surface area contributed by atoms with Gasteiger partial charge in [-0.2, -0.15) is 0 Å². The van der Waals surface area contributed by atoms with Crippen LogP contribution in [0.15, 0.2) is 36.4 Å². The maximum absolute atomic E-state index is 10.2. The molecule has 0 aliphatic rings. The van der Waals surface area contributed by atoms with Gasteiger partial charge in [-0.25, -0.2) is 0 Å². The molecule has 0 atom stereocenters. The first kappa shape index (κ1) is 11.0. The standard InChI is InChI=1S/C14H16O2/c1-14(2,15)13-11-7-5-4-6-10(11)8-9-12(13)16-3/h4-9,15H,1-3H3. The first-order valence-electron chi connectivity index (χ1n) is 5.32. The fourth-order valence-corrected chi connectivity index (χ4v) is 2.05. The largest absolute Gasteiger partial charge is 0.496 e. The molecular formula is C14H16O2. The summed E-state index contributed by atoms with van der Waals surface area (Å²) in [6, 6.07) is 11.9. The van der Waals surface area contributed by atoms with Crippen LogP contribution in [0.5, 0.6) is 5.75 Å². The lowest BCUT2D eigenvalue weighted by Crippen LogP contribution is -2.17. The predicted octanol–water partition coefficient (Wildman–Crippen LogP) is 3.08. The van der Waals surface area contributed by atoms with Gasteiger partial charge in [-0.1, -0.05) is 30.3 Å². The average Bonchev–Trinajstić information content (AvgIpc) is 2.26. The van der Waals surface area contributed by atoms with E-state index < -0.39 is 5.60 Å². The zero-order chi connectivity index (χ0) is 11.8. The summed E-state index contributed by atoms with van der Waals surface area (Å²) in [4.78, 5) is 0. The van der Waals surface area contributed by atoms with Gasteiger partial charge in [-0.15, -0.1) is 0 Å². The summed E-state index contributed by atoms with van der Waals surface area (Å²) in [5.74, 6) is 0.728. The monoisotopic (exact) mass is 216 g/mol. The molecule has 2 heteroatoms. The number of methoxy groups -OCH3 is 1. The Kier molecular flexibility index (Phi) is 2.60. The van der Waals surface area contributed by atoms with Crippen molar-refractivity contribution in [3.63, 3.8) is 0 Å². The van der Waals surface area contributed by atoms with Crippen LogP contribution in [0.3, 0.4) is 0 Å². The third-order valence-corrected chi connectivity index (χ3v) is 2.72. The van der Waals surface area contributed by atoms with Crippen molar-refractivity contribution in [3.05, 3.63) is 42.0 Å². The summed E-state index contributed by atoms with van der Waals surface area (Å²) in [5, 5.41) is 12.4. The maximum atomic E-state index is 10.2. The van der Waals surface area contributed by atoms with Crippen LogP contribution < -0.4 is 4.74 Å². The minimum atomic E-state index is -0.911. The number of fused-ring (bicyclic) bond motifs is 1. The molecule has 0 aromatic heterocycles. The highest BCUT2D eigenvalue weighted by Crippen LogP contribution is 2.35. The Morgan fingerprint density at radius 2 is 1.75 bits per heavy atom. The zero-order valence-corrected chi connectivity index (χ0v) is 9.82. The van der Waals surface area contributed by atoms with Crippen LogP contribution in [0, 0.1) is 0 Å². The smallest absolute Gasteiger partial charge is 0.125 e. The summed E-state index contributed by atoms with van der Waals surface area (Å²) >= 11 is 0. The van der Waals surface area contributed by atoms with Gasteiger partial charge in [0.15, 0.2) is 0 Å². The summed E-state index contributed by atoms with van der Waals surface area (Å²) in [5.41, 5.74) is -0.0697. The van der Waals surface area contributed by atoms with Gasteiger partial charge in [-0.05, 0) is 30.7 Å². The van der Waals surface area contributed by atoms with Crippen LogP contribution in [0.4, 0.5) is 0 Å². The number of aliphatic hydroxyl groups is 1. The highest BCUT2D eigenvalue weighted by atomic mass is 16.5. The molecular weight excluding hydrogens is 200 g/mol. The first-order valence-corrected chi connectivity index (χ1v) is 5.32. The fourth-order valence-electron chi connectivity index (χ4n) is 2.05. The summed E-state index contributed by atoms with van der Waals surface area (Å²) in [7, 11) is 1.62. The Bertz CT molecular complexity index is 510. The number of rotatable bonds is 2. The van der Waals surface area contributed by atoms with Gasteiger partial charge in [0.25, 0.3) is 0 Å². The number of hydrogen-bond acceptors (Lipinski definition) is 2. The molecule has 0 radical (unpaired) electrons. The Morgan fingerprint density at radius 3 is 2.38 bits per heavy atom. The van der Waals surface area contributed by atoms with E-state index in [0.717, 1.165) is 22.1 Å². The van der Waals surface area contributed by atoms with Gasteiger partial charge in [-0.3, -0.25) is 0 Å². The van der Waals surface area contributed by atoms with Gasteiger partial charge in [0.2, 0.25) is 0 Å². The second kappa shape index (κ2) is 3.80. The zero-order valence-electron chi connectivity index (χ0n) is 9.82. The van der Waals surface area contributed by atoms with E-state index in [4.69, 9.17) is 4.74 Å². The van der Waals surface area contributed by atoms with Gasteiger partial charge in [0, 0.05) is 5.56 Å². The Hall–Kier alpha value is -1.54. The summed E-state index contributed by atoms with van der Waals surface area (Å²) in [6.45, 7) is 3.55. The molecule has 0 fully saturated rings. The van der Waals surface area contributed by atoms with Crippen molar-refractivity contribution in [1.29, 1.82) is 0 Å². The van der Waals surface area contributed by atoms with Gasteiger partial charge in [0.1, 0.15) is 5.75 Å². The summed E-state index contributed by atoms with van der Waals surface area (Å²) < 4.78 is 5.32. The highest BCUT2D eigenvalue weighted by Gasteiger charge is 2.23. The highest BCUT2D eigenvalue weighted by molar-refractivity contribution is 5.88. The van der Waals surface area contributed by atoms with E-state index in [1.807, 2.05) is 36.4 Å². The molecule has 2 nitrogen and oxygen atoms in total. The average molecular weight is 216 g/mol. The molecule has 0 saturated carbocycles. The molecule has 0 aliphatic carbocycles. The van der Waals surface area contributed by atoms with Gasteiger partial charge < -0.3 is 9.84 Å². The molecule has 0 saturated heterocycles. The molecule has 2 aromatic carbocycles. The molecule has 0 heterocycles. The van der Waals surface area contributed by atoms with E-state index in [1.54, 1.807) is 21.0 Å². The van der Waals surface area contributed by atoms with Crippen LogP contribution in [0.2, 0.25) is 0 Å². The molecule has 0 aliphatic heterocycles. The minimum absolute atomic E-state index is 0.728. The molecule has 0 unspecified atom stereocenters. The van der Waals surface area contributed by atoms with Crippen molar-refractivity contribution in [1.82, 2.24) is 0 Å². The number of benzene rings is 2. The second-order valence-electron chi connectivity index (χ2n) is 4.42. The van der Waals surface area contributed by atoms with E-state index in [1.165, 1.54) is 0 Å². The Labute approximate surface area is 95.5 Å². The van der Waals surface area contributed by atoms with E-state index in [0.29, 0.717) is 0 Å². The van der Waals surface area contributed by atoms with Gasteiger partial charge in [0.05, 0.1) is 12.7 Å². The molecule has 16 heavy (non-hydrogen) atoms. The van der Waals surface area contributed by atoms with Crippen LogP contribution >= 0.6 is 0 Å². The van der Waals surface area contributed by atoms with Crippen molar-refractivity contribution in [2.75, 3.05) is 7.11 Å². The lowest BCUT2D eigenvalue weighted by molar-refractivity contribution is 0.0773. The van der Waals surface area contributed by atoms with Crippen molar-refractivity contribution in [2.45, 2.75) is 19.4 Å². The lowest BCUT2D eigenvalue weighted by Gasteiger charge is -2.23. The molecule has 0 bridgehead atoms. The van der Waals surface area contributed by atoms with E-state index in [-0.39, 0.29) is 0 Å². The van der Waals surface area contributed by atoms with Crippen LogP contribution in [-0.4, -0.2) is 12.2 Å². The predicted molar refractivity (Wildman–Crippen MR) is 65.7 cm³/mol. The first-order chi connectivity index (χ1) is 7.54. The van der Waals surface area contributed by atoms with Crippen LogP contribution in [0.1, 0.15) is 19.4 Å². The second-order valence-corrected chi connectivity index (χ2v) is 4.42. The van der Waals surface area contributed by atoms with E-state index >= 15 is 0 Å². The molecule has 1 N–H and O–H groups in total. The van der Waals surface area contributed by atoms with Crippen molar-refractivity contribution in [2.24, 2.45) is 0 Å². The molecule has 2 rings (SSSR count). The van der Waals surface area contributed by atoms with Crippen molar-refractivity contribution < 1.29 is 9.84 Å². The SMILES string of the molecule is COc1ccc2ccccc2c1C(C)(C)O. The maximum Gasteiger partial charge on any atom is 0.125 e. The fraction of sp³-hybridized carbons (Fsp3) is 0.286. The van der Waals surface area contributed by atoms with E-state index in [9.17, 15) is 5.11 Å². The lowest BCUT2D eigenvalue weighted by atomic mass is 9.91.